The van der Waals surface area contributed by atoms with Gasteiger partial charge in [-0.15, -0.1) is 0 Å². The Kier molecular flexibility index (Phi) is 5.70. The standard InChI is InChI=1S/C13H17Br2NO/c1-4-17-13-11(14)6-10(7-12(13)15)5-8(2)9(3)16/h5-7,9H,4,16H2,1-3H3/b8-5-. The molecule has 0 aliphatic carbocycles. The Labute approximate surface area is 119 Å². The highest BCUT2D eigenvalue weighted by molar-refractivity contribution is 9.11. The third-order valence-electron chi connectivity index (χ3n) is 2.42. The van der Waals surface area contributed by atoms with Gasteiger partial charge in [0, 0.05) is 6.04 Å². The zero-order chi connectivity index (χ0) is 13.0. The van der Waals surface area contributed by atoms with Crippen LogP contribution in [0.3, 0.4) is 0 Å². The molecule has 1 rings (SSSR count). The average Bonchev–Trinajstić information content (AvgIpc) is 2.23. The van der Waals surface area contributed by atoms with Gasteiger partial charge >= 0.3 is 0 Å². The minimum atomic E-state index is 0.0686. The second kappa shape index (κ2) is 6.57. The molecular formula is C13H17Br2NO. The van der Waals surface area contributed by atoms with E-state index in [1.54, 1.807) is 0 Å². The minimum Gasteiger partial charge on any atom is -0.492 e. The van der Waals surface area contributed by atoms with Gasteiger partial charge < -0.3 is 10.5 Å². The van der Waals surface area contributed by atoms with E-state index in [1.165, 1.54) is 0 Å². The van der Waals surface area contributed by atoms with E-state index in [2.05, 4.69) is 37.9 Å². The van der Waals surface area contributed by atoms with Crippen molar-refractivity contribution < 1.29 is 4.74 Å². The maximum Gasteiger partial charge on any atom is 0.147 e. The fourth-order valence-electron chi connectivity index (χ4n) is 1.34. The van der Waals surface area contributed by atoms with Crippen molar-refractivity contribution in [3.63, 3.8) is 0 Å². The number of hydrogen-bond acceptors (Lipinski definition) is 2. The predicted octanol–water partition coefficient (Wildman–Crippen LogP) is 4.36. The van der Waals surface area contributed by atoms with Gasteiger partial charge in [-0.2, -0.15) is 0 Å². The number of ether oxygens (including phenoxy) is 1. The SMILES string of the molecule is CCOc1c(Br)cc(/C=C(/C)C(C)N)cc1Br. The van der Waals surface area contributed by atoms with Crippen LogP contribution in [0.15, 0.2) is 26.7 Å². The molecule has 0 spiro atoms. The molecule has 1 unspecified atom stereocenters. The van der Waals surface area contributed by atoms with Crippen molar-refractivity contribution >= 4 is 37.9 Å². The van der Waals surface area contributed by atoms with Crippen LogP contribution in [0.1, 0.15) is 26.3 Å². The molecule has 0 fully saturated rings. The van der Waals surface area contributed by atoms with Crippen molar-refractivity contribution in [2.75, 3.05) is 6.61 Å². The van der Waals surface area contributed by atoms with E-state index in [9.17, 15) is 0 Å². The lowest BCUT2D eigenvalue weighted by Gasteiger charge is -2.10. The predicted molar refractivity (Wildman–Crippen MR) is 80.3 cm³/mol. The molecule has 2 nitrogen and oxygen atoms in total. The van der Waals surface area contributed by atoms with Gasteiger partial charge in [0.1, 0.15) is 5.75 Å². The first-order chi connectivity index (χ1) is 7.95. The quantitative estimate of drug-likeness (QED) is 0.863. The Balaban J connectivity index is 3.10. The molecule has 0 heterocycles. The highest BCUT2D eigenvalue weighted by atomic mass is 79.9. The van der Waals surface area contributed by atoms with Crippen molar-refractivity contribution in [2.45, 2.75) is 26.8 Å². The van der Waals surface area contributed by atoms with E-state index in [1.807, 2.05) is 32.9 Å². The van der Waals surface area contributed by atoms with Crippen molar-refractivity contribution in [1.29, 1.82) is 0 Å². The first-order valence-corrected chi connectivity index (χ1v) is 7.10. The molecule has 0 aliphatic heterocycles. The third kappa shape index (κ3) is 4.12. The second-order valence-electron chi connectivity index (χ2n) is 3.92. The van der Waals surface area contributed by atoms with Gasteiger partial charge in [-0.25, -0.2) is 0 Å². The Morgan fingerprint density at radius 2 is 1.94 bits per heavy atom. The van der Waals surface area contributed by atoms with Gasteiger partial charge in [-0.3, -0.25) is 0 Å². The Morgan fingerprint density at radius 3 is 2.35 bits per heavy atom. The van der Waals surface area contributed by atoms with E-state index in [4.69, 9.17) is 10.5 Å². The van der Waals surface area contributed by atoms with Crippen molar-refractivity contribution in [2.24, 2.45) is 5.73 Å². The van der Waals surface area contributed by atoms with Gasteiger partial charge in [-0.05, 0) is 70.3 Å². The maximum absolute atomic E-state index is 5.82. The van der Waals surface area contributed by atoms with Crippen LogP contribution >= 0.6 is 31.9 Å². The maximum atomic E-state index is 5.82. The van der Waals surface area contributed by atoms with Crippen LogP contribution in [-0.2, 0) is 0 Å². The van der Waals surface area contributed by atoms with Crippen LogP contribution in [0.5, 0.6) is 5.75 Å². The Hall–Kier alpha value is -0.320. The van der Waals surface area contributed by atoms with Gasteiger partial charge in [0.05, 0.1) is 15.6 Å². The molecule has 0 amide bonds. The first-order valence-electron chi connectivity index (χ1n) is 5.51. The lowest BCUT2D eigenvalue weighted by atomic mass is 10.1. The zero-order valence-electron chi connectivity index (χ0n) is 10.3. The van der Waals surface area contributed by atoms with Crippen molar-refractivity contribution in [3.05, 3.63) is 32.2 Å². The summed E-state index contributed by atoms with van der Waals surface area (Å²) >= 11 is 7.02. The molecule has 1 atom stereocenters. The normalized spacial score (nSPS) is 13.6. The van der Waals surface area contributed by atoms with Crippen molar-refractivity contribution in [1.82, 2.24) is 0 Å². The average molecular weight is 363 g/mol. The molecule has 0 bridgehead atoms. The van der Waals surface area contributed by atoms with E-state index >= 15 is 0 Å². The monoisotopic (exact) mass is 361 g/mol. The number of halogens is 2. The summed E-state index contributed by atoms with van der Waals surface area (Å²) in [6.45, 7) is 6.62. The molecular weight excluding hydrogens is 346 g/mol. The second-order valence-corrected chi connectivity index (χ2v) is 5.63. The topological polar surface area (TPSA) is 35.2 Å². The Morgan fingerprint density at radius 1 is 1.41 bits per heavy atom. The molecule has 1 aromatic rings. The summed E-state index contributed by atoms with van der Waals surface area (Å²) in [5, 5.41) is 0. The minimum absolute atomic E-state index is 0.0686. The van der Waals surface area contributed by atoms with E-state index in [0.717, 1.165) is 25.8 Å². The van der Waals surface area contributed by atoms with Gasteiger partial charge in [-0.1, -0.05) is 11.6 Å². The molecule has 0 aromatic heterocycles. The van der Waals surface area contributed by atoms with Gasteiger partial charge in [0.2, 0.25) is 0 Å². The van der Waals surface area contributed by atoms with Gasteiger partial charge in [0.15, 0.2) is 0 Å². The molecule has 94 valence electrons. The van der Waals surface area contributed by atoms with E-state index in [-0.39, 0.29) is 6.04 Å². The van der Waals surface area contributed by atoms with Gasteiger partial charge in [0.25, 0.3) is 0 Å². The molecule has 2 N–H and O–H groups in total. The molecule has 0 saturated carbocycles. The number of nitrogens with two attached hydrogens (primary N) is 1. The summed E-state index contributed by atoms with van der Waals surface area (Å²) in [6.07, 6.45) is 2.08. The van der Waals surface area contributed by atoms with Crippen LogP contribution in [0, 0.1) is 0 Å². The highest BCUT2D eigenvalue weighted by Gasteiger charge is 2.08. The smallest absolute Gasteiger partial charge is 0.147 e. The first kappa shape index (κ1) is 14.7. The molecule has 1 aromatic carbocycles. The summed E-state index contributed by atoms with van der Waals surface area (Å²) in [4.78, 5) is 0. The number of benzene rings is 1. The number of rotatable bonds is 4. The Bertz CT molecular complexity index is 404. The lowest BCUT2D eigenvalue weighted by Crippen LogP contribution is -2.15. The summed E-state index contributed by atoms with van der Waals surface area (Å²) in [7, 11) is 0. The van der Waals surface area contributed by atoms with Crippen molar-refractivity contribution in [3.8, 4) is 5.75 Å². The zero-order valence-corrected chi connectivity index (χ0v) is 13.4. The van der Waals surface area contributed by atoms with E-state index < -0.39 is 0 Å². The molecule has 0 saturated heterocycles. The summed E-state index contributed by atoms with van der Waals surface area (Å²) in [6, 6.07) is 4.13. The van der Waals surface area contributed by atoms with E-state index in [0.29, 0.717) is 6.61 Å². The van der Waals surface area contributed by atoms with Crippen LogP contribution < -0.4 is 10.5 Å². The van der Waals surface area contributed by atoms with Crippen LogP contribution in [0.2, 0.25) is 0 Å². The fourth-order valence-corrected chi connectivity index (χ4v) is 2.79. The van der Waals surface area contributed by atoms with Crippen LogP contribution in [0.25, 0.3) is 6.08 Å². The molecule has 17 heavy (non-hydrogen) atoms. The number of hydrogen-bond donors (Lipinski definition) is 1. The molecule has 4 heteroatoms. The summed E-state index contributed by atoms with van der Waals surface area (Å²) in [5.74, 6) is 0.836. The highest BCUT2D eigenvalue weighted by Crippen LogP contribution is 2.35. The third-order valence-corrected chi connectivity index (χ3v) is 3.60. The van der Waals surface area contributed by atoms with Crippen LogP contribution in [-0.4, -0.2) is 12.6 Å². The van der Waals surface area contributed by atoms with Crippen LogP contribution in [0.4, 0.5) is 0 Å². The largest absolute Gasteiger partial charge is 0.492 e. The molecule has 0 radical (unpaired) electrons. The lowest BCUT2D eigenvalue weighted by molar-refractivity contribution is 0.336. The molecule has 0 aliphatic rings. The summed E-state index contributed by atoms with van der Waals surface area (Å²) < 4.78 is 7.42. The fraction of sp³-hybridized carbons (Fsp3) is 0.385. The summed E-state index contributed by atoms with van der Waals surface area (Å²) in [5.41, 5.74) is 8.07.